The molecule has 3 N–H and O–H groups in total. The number of hydrogen-bond acceptors (Lipinski definition) is 3. The summed E-state index contributed by atoms with van der Waals surface area (Å²) in [7, 11) is 0. The van der Waals surface area contributed by atoms with Crippen molar-refractivity contribution >= 4 is 5.97 Å². The minimum atomic E-state index is -0.968. The molecule has 0 heterocycles. The second-order valence-electron chi connectivity index (χ2n) is 7.10. The fourth-order valence-corrected chi connectivity index (χ4v) is 3.80. The average molecular weight is 395 g/mol. The lowest BCUT2D eigenvalue weighted by atomic mass is 9.79. The maximum atomic E-state index is 14.3. The fourth-order valence-electron chi connectivity index (χ4n) is 3.80. The first-order chi connectivity index (χ1) is 13.9. The van der Waals surface area contributed by atoms with Crippen molar-refractivity contribution in [3.8, 4) is 22.6 Å². The molecule has 0 fully saturated rings. The SMILES string of the molecule is NC1CCc2ccc(Oc3ccccc3-c3ccc(F)cc3F)cc2C1C(=O)O. The molecule has 0 amide bonds. The van der Waals surface area contributed by atoms with E-state index in [0.29, 0.717) is 35.5 Å². The van der Waals surface area contributed by atoms with Gasteiger partial charge in [-0.05, 0) is 54.3 Å². The number of carboxylic acids is 1. The predicted molar refractivity (Wildman–Crippen MR) is 105 cm³/mol. The van der Waals surface area contributed by atoms with Crippen molar-refractivity contribution < 1.29 is 23.4 Å². The van der Waals surface area contributed by atoms with E-state index < -0.39 is 29.6 Å². The number of fused-ring (bicyclic) bond motifs is 1. The van der Waals surface area contributed by atoms with Gasteiger partial charge in [0.15, 0.2) is 0 Å². The minimum absolute atomic E-state index is 0.213. The van der Waals surface area contributed by atoms with E-state index in [1.165, 1.54) is 12.1 Å². The number of rotatable bonds is 4. The van der Waals surface area contributed by atoms with Crippen LogP contribution < -0.4 is 10.5 Å². The van der Waals surface area contributed by atoms with Crippen molar-refractivity contribution in [1.82, 2.24) is 0 Å². The largest absolute Gasteiger partial charge is 0.481 e. The summed E-state index contributed by atoms with van der Waals surface area (Å²) in [5, 5.41) is 9.59. The monoisotopic (exact) mass is 395 g/mol. The Hall–Kier alpha value is -3.25. The number of aliphatic carboxylic acids is 1. The normalized spacial score (nSPS) is 18.2. The van der Waals surface area contributed by atoms with E-state index >= 15 is 0 Å². The summed E-state index contributed by atoms with van der Waals surface area (Å²) < 4.78 is 33.5. The highest BCUT2D eigenvalue weighted by atomic mass is 19.1. The summed E-state index contributed by atoms with van der Waals surface area (Å²) in [6.45, 7) is 0. The molecular formula is C23H19F2NO3. The van der Waals surface area contributed by atoms with Crippen molar-refractivity contribution in [2.24, 2.45) is 5.73 Å². The molecule has 3 aromatic carbocycles. The number of para-hydroxylation sites is 1. The number of hydrogen-bond donors (Lipinski definition) is 2. The summed E-state index contributed by atoms with van der Waals surface area (Å²) >= 11 is 0. The maximum absolute atomic E-state index is 14.3. The molecule has 1 aliphatic rings. The third-order valence-corrected chi connectivity index (χ3v) is 5.23. The molecule has 0 saturated heterocycles. The zero-order chi connectivity index (χ0) is 20.5. The van der Waals surface area contributed by atoms with Gasteiger partial charge in [-0.25, -0.2) is 8.78 Å². The Labute approximate surface area is 166 Å². The Balaban J connectivity index is 1.72. The van der Waals surface area contributed by atoms with Crippen LogP contribution >= 0.6 is 0 Å². The van der Waals surface area contributed by atoms with Gasteiger partial charge >= 0.3 is 5.97 Å². The Bertz CT molecular complexity index is 1080. The van der Waals surface area contributed by atoms with Gasteiger partial charge in [-0.15, -0.1) is 0 Å². The van der Waals surface area contributed by atoms with Crippen LogP contribution in [0.5, 0.6) is 11.5 Å². The van der Waals surface area contributed by atoms with Gasteiger partial charge in [-0.3, -0.25) is 4.79 Å². The zero-order valence-electron chi connectivity index (χ0n) is 15.4. The van der Waals surface area contributed by atoms with Crippen molar-refractivity contribution in [3.05, 3.63) is 83.4 Å². The van der Waals surface area contributed by atoms with Gasteiger partial charge in [-0.1, -0.05) is 24.3 Å². The highest BCUT2D eigenvalue weighted by Gasteiger charge is 2.33. The molecule has 1 aliphatic carbocycles. The van der Waals surface area contributed by atoms with E-state index in [1.807, 2.05) is 6.07 Å². The summed E-state index contributed by atoms with van der Waals surface area (Å²) in [6.07, 6.45) is 1.31. The average Bonchev–Trinajstić information content (AvgIpc) is 2.68. The van der Waals surface area contributed by atoms with Gasteiger partial charge in [0.1, 0.15) is 23.1 Å². The Morgan fingerprint density at radius 2 is 1.83 bits per heavy atom. The lowest BCUT2D eigenvalue weighted by molar-refractivity contribution is -0.139. The molecule has 0 bridgehead atoms. The van der Waals surface area contributed by atoms with Crippen LogP contribution in [0, 0.1) is 11.6 Å². The molecule has 4 rings (SSSR count). The standard InChI is InChI=1S/C23H19F2NO3/c24-14-7-9-16(19(25)11-14)17-3-1-2-4-21(17)29-15-8-5-13-6-10-20(26)22(23(27)28)18(13)12-15/h1-5,7-9,11-12,20,22H,6,10,26H2,(H,27,28). The van der Waals surface area contributed by atoms with Gasteiger partial charge in [0.25, 0.3) is 0 Å². The molecule has 6 heteroatoms. The molecule has 0 aromatic heterocycles. The topological polar surface area (TPSA) is 72.5 Å². The predicted octanol–water partition coefficient (Wildman–Crippen LogP) is 4.87. The maximum Gasteiger partial charge on any atom is 0.312 e. The van der Waals surface area contributed by atoms with Crippen LogP contribution in [0.2, 0.25) is 0 Å². The lowest BCUT2D eigenvalue weighted by Gasteiger charge is -2.28. The molecule has 0 saturated carbocycles. The molecule has 4 nitrogen and oxygen atoms in total. The van der Waals surface area contributed by atoms with E-state index in [1.54, 1.807) is 36.4 Å². The second-order valence-corrected chi connectivity index (χ2v) is 7.10. The highest BCUT2D eigenvalue weighted by molar-refractivity contribution is 5.78. The minimum Gasteiger partial charge on any atom is -0.481 e. The van der Waals surface area contributed by atoms with Gasteiger partial charge in [-0.2, -0.15) is 0 Å². The van der Waals surface area contributed by atoms with Gasteiger partial charge in [0, 0.05) is 23.2 Å². The van der Waals surface area contributed by atoms with E-state index in [4.69, 9.17) is 10.5 Å². The van der Waals surface area contributed by atoms with E-state index in [9.17, 15) is 18.7 Å². The molecular weight excluding hydrogens is 376 g/mol. The number of benzene rings is 3. The number of halogens is 2. The summed E-state index contributed by atoms with van der Waals surface area (Å²) in [5.41, 5.74) is 8.29. The summed E-state index contributed by atoms with van der Waals surface area (Å²) in [6, 6.07) is 15.0. The molecule has 0 spiro atoms. The van der Waals surface area contributed by atoms with Crippen molar-refractivity contribution in [2.45, 2.75) is 24.8 Å². The summed E-state index contributed by atoms with van der Waals surface area (Å²) in [4.78, 5) is 11.7. The number of carbonyl (C=O) groups is 1. The molecule has 0 radical (unpaired) electrons. The second kappa shape index (κ2) is 7.64. The van der Waals surface area contributed by atoms with Crippen LogP contribution in [0.25, 0.3) is 11.1 Å². The van der Waals surface area contributed by atoms with Crippen molar-refractivity contribution in [3.63, 3.8) is 0 Å². The van der Waals surface area contributed by atoms with E-state index in [-0.39, 0.29) is 5.56 Å². The molecule has 148 valence electrons. The lowest BCUT2D eigenvalue weighted by Crippen LogP contribution is -2.37. The quantitative estimate of drug-likeness (QED) is 0.661. The fraction of sp³-hybridized carbons (Fsp3) is 0.174. The first-order valence-electron chi connectivity index (χ1n) is 9.27. The van der Waals surface area contributed by atoms with Crippen LogP contribution in [-0.2, 0) is 11.2 Å². The zero-order valence-corrected chi connectivity index (χ0v) is 15.4. The number of carboxylic acid groups (broad SMARTS) is 1. The van der Waals surface area contributed by atoms with Crippen LogP contribution in [-0.4, -0.2) is 17.1 Å². The summed E-state index contributed by atoms with van der Waals surface area (Å²) in [5.74, 6) is -2.31. The number of nitrogens with two attached hydrogens (primary N) is 1. The third kappa shape index (κ3) is 3.71. The molecule has 2 unspecified atom stereocenters. The van der Waals surface area contributed by atoms with Crippen LogP contribution in [0.1, 0.15) is 23.5 Å². The third-order valence-electron chi connectivity index (χ3n) is 5.23. The molecule has 2 atom stereocenters. The Morgan fingerprint density at radius 3 is 2.59 bits per heavy atom. The van der Waals surface area contributed by atoms with Gasteiger partial charge in [0.2, 0.25) is 0 Å². The first kappa shape index (κ1) is 19.1. The van der Waals surface area contributed by atoms with Crippen LogP contribution in [0.3, 0.4) is 0 Å². The van der Waals surface area contributed by atoms with E-state index in [0.717, 1.165) is 11.6 Å². The number of ether oxygens (including phenoxy) is 1. The highest BCUT2D eigenvalue weighted by Crippen LogP contribution is 2.38. The molecule has 0 aliphatic heterocycles. The van der Waals surface area contributed by atoms with Crippen molar-refractivity contribution in [2.75, 3.05) is 0 Å². The Kier molecular flexibility index (Phi) is 5.03. The van der Waals surface area contributed by atoms with Gasteiger partial charge < -0.3 is 15.6 Å². The Morgan fingerprint density at radius 1 is 1.03 bits per heavy atom. The van der Waals surface area contributed by atoms with E-state index in [2.05, 4.69) is 0 Å². The van der Waals surface area contributed by atoms with Gasteiger partial charge in [0.05, 0.1) is 5.92 Å². The van der Waals surface area contributed by atoms with Crippen LogP contribution in [0.4, 0.5) is 8.78 Å². The number of aryl methyl sites for hydroxylation is 1. The van der Waals surface area contributed by atoms with Crippen molar-refractivity contribution in [1.29, 1.82) is 0 Å². The molecule has 3 aromatic rings. The molecule has 29 heavy (non-hydrogen) atoms. The smallest absolute Gasteiger partial charge is 0.312 e. The first-order valence-corrected chi connectivity index (χ1v) is 9.27. The van der Waals surface area contributed by atoms with Crippen LogP contribution in [0.15, 0.2) is 60.7 Å².